The summed E-state index contributed by atoms with van der Waals surface area (Å²) in [5, 5.41) is 8.84. The van der Waals surface area contributed by atoms with Crippen molar-refractivity contribution in [3.63, 3.8) is 0 Å². The maximum absolute atomic E-state index is 10.8. The highest BCUT2D eigenvalue weighted by molar-refractivity contribution is 5.73. The zero-order chi connectivity index (χ0) is 10.3. The van der Waals surface area contributed by atoms with Crippen molar-refractivity contribution in [1.82, 2.24) is 4.90 Å². The molecule has 0 aromatic rings. The average molecular weight is 190 g/mol. The first-order valence-electron chi connectivity index (χ1n) is 4.25. The molecule has 0 radical (unpaired) electrons. The summed E-state index contributed by atoms with van der Waals surface area (Å²) in [7, 11) is 3.35. The molecule has 0 rings (SSSR count). The molecule has 1 unspecified atom stereocenters. The van der Waals surface area contributed by atoms with Gasteiger partial charge >= 0.3 is 5.97 Å². The van der Waals surface area contributed by atoms with Crippen LogP contribution in [0.5, 0.6) is 0 Å². The third-order valence-electron chi connectivity index (χ3n) is 1.91. The van der Waals surface area contributed by atoms with Gasteiger partial charge < -0.3 is 15.6 Å². The number of methoxy groups -OCH3 is 1. The maximum Gasteiger partial charge on any atom is 0.320 e. The lowest BCUT2D eigenvalue weighted by molar-refractivity contribution is -0.143. The largest absolute Gasteiger partial charge is 0.480 e. The lowest BCUT2D eigenvalue weighted by Crippen LogP contribution is -2.41. The third-order valence-corrected chi connectivity index (χ3v) is 1.91. The predicted octanol–water partition coefficient (Wildman–Crippen LogP) is -0.633. The Hall–Kier alpha value is -0.650. The average Bonchev–Trinajstić information content (AvgIpc) is 2.09. The fourth-order valence-electron chi connectivity index (χ4n) is 1.08. The summed E-state index contributed by atoms with van der Waals surface area (Å²) in [5.74, 6) is -0.830. The number of hydrogen-bond donors (Lipinski definition) is 2. The van der Waals surface area contributed by atoms with E-state index < -0.39 is 12.0 Å². The van der Waals surface area contributed by atoms with Gasteiger partial charge in [-0.25, -0.2) is 0 Å². The highest BCUT2D eigenvalue weighted by atomic mass is 16.5. The Morgan fingerprint density at radius 1 is 1.69 bits per heavy atom. The molecule has 0 saturated heterocycles. The van der Waals surface area contributed by atoms with E-state index in [2.05, 4.69) is 0 Å². The molecule has 0 heterocycles. The number of nitrogens with two attached hydrogens (primary N) is 1. The van der Waals surface area contributed by atoms with E-state index in [1.54, 1.807) is 19.1 Å². The summed E-state index contributed by atoms with van der Waals surface area (Å²) in [6, 6.07) is -0.500. The first kappa shape index (κ1) is 12.3. The van der Waals surface area contributed by atoms with Crippen LogP contribution in [0, 0.1) is 0 Å². The van der Waals surface area contributed by atoms with Gasteiger partial charge in [0.2, 0.25) is 0 Å². The van der Waals surface area contributed by atoms with Crippen LogP contribution in [0.4, 0.5) is 0 Å². The van der Waals surface area contributed by atoms with Crippen LogP contribution in [-0.4, -0.2) is 55.9 Å². The van der Waals surface area contributed by atoms with Crippen LogP contribution in [0.15, 0.2) is 0 Å². The van der Waals surface area contributed by atoms with Crippen LogP contribution in [0.2, 0.25) is 0 Å². The van der Waals surface area contributed by atoms with Crippen molar-refractivity contribution in [2.24, 2.45) is 5.73 Å². The number of nitrogens with zero attached hydrogens (tertiary/aromatic N) is 1. The zero-order valence-electron chi connectivity index (χ0n) is 8.19. The Labute approximate surface area is 78.5 Å². The van der Waals surface area contributed by atoms with Gasteiger partial charge in [-0.3, -0.25) is 9.69 Å². The monoisotopic (exact) mass is 190 g/mol. The number of likely N-dealkylation sites (N-methyl/N-ethyl adjacent to an activating group) is 1. The van der Waals surface area contributed by atoms with Gasteiger partial charge in [0.15, 0.2) is 0 Å². The van der Waals surface area contributed by atoms with Crippen LogP contribution in [0.1, 0.15) is 6.42 Å². The fourth-order valence-corrected chi connectivity index (χ4v) is 1.08. The van der Waals surface area contributed by atoms with Crippen molar-refractivity contribution in [2.75, 3.05) is 33.9 Å². The number of carboxylic acid groups (broad SMARTS) is 1. The van der Waals surface area contributed by atoms with Crippen LogP contribution in [0.3, 0.4) is 0 Å². The van der Waals surface area contributed by atoms with Crippen molar-refractivity contribution in [3.05, 3.63) is 0 Å². The van der Waals surface area contributed by atoms with E-state index in [9.17, 15) is 4.79 Å². The molecule has 0 saturated carbocycles. The second-order valence-electron chi connectivity index (χ2n) is 2.90. The molecule has 5 nitrogen and oxygen atoms in total. The highest BCUT2D eigenvalue weighted by Crippen LogP contribution is 2.00. The molecule has 0 aliphatic carbocycles. The van der Waals surface area contributed by atoms with E-state index in [4.69, 9.17) is 15.6 Å². The lowest BCUT2D eigenvalue weighted by Gasteiger charge is -2.23. The summed E-state index contributed by atoms with van der Waals surface area (Å²) < 4.78 is 4.85. The predicted molar refractivity (Wildman–Crippen MR) is 49.6 cm³/mol. The number of ether oxygens (including phenoxy) is 1. The molecule has 0 spiro atoms. The zero-order valence-corrected chi connectivity index (χ0v) is 8.19. The molecule has 3 N–H and O–H groups in total. The van der Waals surface area contributed by atoms with E-state index in [0.29, 0.717) is 26.1 Å². The van der Waals surface area contributed by atoms with E-state index in [1.165, 1.54) is 0 Å². The SMILES string of the molecule is COCCN(C)C(CCN)C(=O)O. The van der Waals surface area contributed by atoms with Gasteiger partial charge in [0.1, 0.15) is 6.04 Å². The van der Waals surface area contributed by atoms with Crippen molar-refractivity contribution >= 4 is 5.97 Å². The van der Waals surface area contributed by atoms with Gasteiger partial charge in [-0.15, -0.1) is 0 Å². The quantitative estimate of drug-likeness (QED) is 0.559. The van der Waals surface area contributed by atoms with Crippen LogP contribution >= 0.6 is 0 Å². The number of aliphatic carboxylic acids is 1. The summed E-state index contributed by atoms with van der Waals surface area (Å²) in [6.07, 6.45) is 0.468. The summed E-state index contributed by atoms with van der Waals surface area (Å²) in [6.45, 7) is 1.52. The summed E-state index contributed by atoms with van der Waals surface area (Å²) in [4.78, 5) is 12.5. The van der Waals surface area contributed by atoms with E-state index in [-0.39, 0.29) is 0 Å². The van der Waals surface area contributed by atoms with E-state index >= 15 is 0 Å². The minimum Gasteiger partial charge on any atom is -0.480 e. The lowest BCUT2D eigenvalue weighted by atomic mass is 10.2. The van der Waals surface area contributed by atoms with E-state index in [0.717, 1.165) is 0 Å². The number of carboxylic acids is 1. The topological polar surface area (TPSA) is 75.8 Å². The minimum atomic E-state index is -0.830. The van der Waals surface area contributed by atoms with Crippen LogP contribution < -0.4 is 5.73 Å². The number of carbonyl (C=O) groups is 1. The third kappa shape index (κ3) is 4.82. The molecule has 0 aromatic heterocycles. The highest BCUT2D eigenvalue weighted by Gasteiger charge is 2.20. The normalized spacial score (nSPS) is 13.2. The van der Waals surface area contributed by atoms with Crippen molar-refractivity contribution in [1.29, 1.82) is 0 Å². The smallest absolute Gasteiger partial charge is 0.320 e. The Morgan fingerprint density at radius 3 is 2.69 bits per heavy atom. The van der Waals surface area contributed by atoms with Crippen molar-refractivity contribution < 1.29 is 14.6 Å². The molecule has 0 aliphatic heterocycles. The molecule has 5 heteroatoms. The minimum absolute atomic E-state index is 0.383. The van der Waals surface area contributed by atoms with Gasteiger partial charge in [0.25, 0.3) is 0 Å². The Balaban J connectivity index is 3.95. The fraction of sp³-hybridized carbons (Fsp3) is 0.875. The molecule has 0 amide bonds. The van der Waals surface area contributed by atoms with Crippen LogP contribution in [0.25, 0.3) is 0 Å². The summed E-state index contributed by atoms with van der Waals surface area (Å²) in [5.41, 5.74) is 5.31. The van der Waals surface area contributed by atoms with Gasteiger partial charge in [0.05, 0.1) is 6.61 Å². The van der Waals surface area contributed by atoms with Gasteiger partial charge in [-0.05, 0) is 20.0 Å². The second kappa shape index (κ2) is 6.82. The van der Waals surface area contributed by atoms with Crippen LogP contribution in [-0.2, 0) is 9.53 Å². The number of rotatable bonds is 7. The standard InChI is InChI=1S/C8H18N2O3/c1-10(5-6-13-2)7(3-4-9)8(11)12/h7H,3-6,9H2,1-2H3,(H,11,12). The van der Waals surface area contributed by atoms with Gasteiger partial charge in [-0.1, -0.05) is 0 Å². The first-order valence-corrected chi connectivity index (χ1v) is 4.25. The molecule has 78 valence electrons. The Bertz CT molecular complexity index is 152. The van der Waals surface area contributed by atoms with Gasteiger partial charge in [0, 0.05) is 13.7 Å². The molecule has 13 heavy (non-hydrogen) atoms. The Morgan fingerprint density at radius 2 is 2.31 bits per heavy atom. The molecule has 0 bridgehead atoms. The Kier molecular flexibility index (Phi) is 6.48. The first-order chi connectivity index (χ1) is 6.13. The molecular weight excluding hydrogens is 172 g/mol. The number of hydrogen-bond acceptors (Lipinski definition) is 4. The maximum atomic E-state index is 10.8. The molecular formula is C8H18N2O3. The van der Waals surface area contributed by atoms with Crippen molar-refractivity contribution in [2.45, 2.75) is 12.5 Å². The molecule has 1 atom stereocenters. The van der Waals surface area contributed by atoms with Gasteiger partial charge in [-0.2, -0.15) is 0 Å². The molecule has 0 aliphatic rings. The second-order valence-corrected chi connectivity index (χ2v) is 2.90. The van der Waals surface area contributed by atoms with Crippen molar-refractivity contribution in [3.8, 4) is 0 Å². The molecule has 0 fully saturated rings. The summed E-state index contributed by atoms with van der Waals surface area (Å²) >= 11 is 0. The molecule has 0 aromatic carbocycles. The van der Waals surface area contributed by atoms with E-state index in [1.807, 2.05) is 0 Å².